The van der Waals surface area contributed by atoms with E-state index in [4.69, 9.17) is 37.0 Å². The number of esters is 4. The number of phosphoric ester groups is 2. The molecule has 19 heteroatoms. The zero-order chi connectivity index (χ0) is 76.0. The molecule has 0 saturated heterocycles. The molecule has 104 heavy (non-hydrogen) atoms. The zero-order valence-electron chi connectivity index (χ0n) is 65.4. The van der Waals surface area contributed by atoms with Gasteiger partial charge in [0.2, 0.25) is 0 Å². The van der Waals surface area contributed by atoms with Gasteiger partial charge < -0.3 is 33.8 Å². The van der Waals surface area contributed by atoms with Crippen molar-refractivity contribution in [3.63, 3.8) is 0 Å². The maximum Gasteiger partial charge on any atom is 0.472 e. The summed E-state index contributed by atoms with van der Waals surface area (Å²) in [5.41, 5.74) is 0. The first-order chi connectivity index (χ1) is 50.7. The summed E-state index contributed by atoms with van der Waals surface area (Å²) in [5, 5.41) is 10.6. The lowest BCUT2D eigenvalue weighted by Gasteiger charge is -2.21. The fourth-order valence-corrected chi connectivity index (χ4v) is 12.2. The Morgan fingerprint density at radius 2 is 0.519 bits per heavy atom. The number of hydrogen-bond acceptors (Lipinski definition) is 15. The van der Waals surface area contributed by atoms with Gasteiger partial charge in [-0.2, -0.15) is 0 Å². The van der Waals surface area contributed by atoms with Gasteiger partial charge in [0.1, 0.15) is 19.3 Å². The fraction of sp³-hybridized carbons (Fsp3) is 0.718. The van der Waals surface area contributed by atoms with Crippen molar-refractivity contribution < 1.29 is 80.2 Å². The molecule has 17 nitrogen and oxygen atoms in total. The first kappa shape index (κ1) is 99.5. The molecule has 0 bridgehead atoms. The van der Waals surface area contributed by atoms with Crippen LogP contribution < -0.4 is 0 Å². The molecule has 0 aliphatic rings. The minimum absolute atomic E-state index is 0.0731. The minimum atomic E-state index is -4.99. The van der Waals surface area contributed by atoms with Gasteiger partial charge in [-0.3, -0.25) is 37.3 Å². The van der Waals surface area contributed by atoms with Gasteiger partial charge in [0.15, 0.2) is 12.2 Å². The number of carbonyl (C=O) groups is 4. The van der Waals surface area contributed by atoms with E-state index < -0.39 is 97.5 Å². The summed E-state index contributed by atoms with van der Waals surface area (Å²) in [4.78, 5) is 73.0. The van der Waals surface area contributed by atoms with Gasteiger partial charge in [0.05, 0.1) is 26.4 Å². The SMILES string of the molecule is CC/C=C\C/C=C\C/C=C\C/C=C\CCCCCCCCC(=O)OCC(COP(=O)(O)OCC(O)COP(=O)(O)OCC(COC(=O)CCCCCCCC/C=C\C/C=C\C/C=C\CCCCC)OC(=O)CCCCCCC/C=C\CCCCCC)OC(=O)CCCCCCC/C=C\C/C=C\CCC. The summed E-state index contributed by atoms with van der Waals surface area (Å²) in [5.74, 6) is -2.22. The molecule has 0 saturated carbocycles. The predicted molar refractivity (Wildman–Crippen MR) is 427 cm³/mol. The van der Waals surface area contributed by atoms with E-state index in [9.17, 15) is 43.2 Å². The second-order valence-electron chi connectivity index (χ2n) is 27.0. The van der Waals surface area contributed by atoms with E-state index in [1.165, 1.54) is 44.9 Å². The van der Waals surface area contributed by atoms with E-state index >= 15 is 0 Å². The molecule has 5 unspecified atom stereocenters. The molecule has 0 radical (unpaired) electrons. The molecule has 0 heterocycles. The van der Waals surface area contributed by atoms with Gasteiger partial charge in [-0.15, -0.1) is 0 Å². The van der Waals surface area contributed by atoms with Crippen molar-refractivity contribution in [3.8, 4) is 0 Å². The standard InChI is InChI=1S/C85H146O17P2/c1-5-9-13-17-21-25-29-33-35-37-39-41-43-47-49-53-57-61-65-69-82(87)95-75-80(101-84(89)71-67-63-59-55-51-45-31-27-23-19-15-11-7-3)77-99-103(91,92)97-73-79(86)74-98-104(93,94)100-78-81(102-85(90)72-68-64-60-56-52-46-32-28-24-20-16-12-8-4)76-96-83(88)70-66-62-58-54-50-48-44-42-40-38-36-34-30-26-22-18-14-10-6-2/h9,13,15,19,21-22,25-28,31-36,39-42,79-81,86H,5-8,10-12,14,16-18,20,23-24,29-30,37-38,43-78H2,1-4H3,(H,91,92)(H,93,94)/b13-9-,19-15-,25-21-,26-22-,31-27-,32-28-,35-33-,36-34-,41-39-,42-40-. The van der Waals surface area contributed by atoms with Crippen molar-refractivity contribution >= 4 is 39.5 Å². The molecule has 0 rings (SSSR count). The number of aliphatic hydroxyl groups excluding tert-OH is 1. The van der Waals surface area contributed by atoms with Gasteiger partial charge in [-0.25, -0.2) is 9.13 Å². The van der Waals surface area contributed by atoms with Crippen LogP contribution in [0.25, 0.3) is 0 Å². The van der Waals surface area contributed by atoms with E-state index in [0.29, 0.717) is 25.7 Å². The number of unbranched alkanes of at least 4 members (excludes halogenated alkanes) is 30. The molecule has 598 valence electrons. The summed E-state index contributed by atoms with van der Waals surface area (Å²) < 4.78 is 68.6. The van der Waals surface area contributed by atoms with Crippen molar-refractivity contribution in [1.29, 1.82) is 0 Å². The lowest BCUT2D eigenvalue weighted by molar-refractivity contribution is -0.161. The Morgan fingerprint density at radius 1 is 0.279 bits per heavy atom. The van der Waals surface area contributed by atoms with Crippen LogP contribution in [0, 0.1) is 0 Å². The smallest absolute Gasteiger partial charge is 0.462 e. The molecule has 0 spiro atoms. The van der Waals surface area contributed by atoms with Crippen LogP contribution in [0.15, 0.2) is 122 Å². The number of allylic oxidation sites excluding steroid dienone is 20. The molecule has 0 aromatic carbocycles. The Hall–Kier alpha value is -4.54. The molecule has 0 amide bonds. The summed E-state index contributed by atoms with van der Waals surface area (Å²) in [6, 6.07) is 0. The normalized spacial score (nSPS) is 14.5. The number of ether oxygens (including phenoxy) is 4. The van der Waals surface area contributed by atoms with Crippen LogP contribution >= 0.6 is 15.6 Å². The van der Waals surface area contributed by atoms with Crippen LogP contribution in [0.5, 0.6) is 0 Å². The van der Waals surface area contributed by atoms with Crippen LogP contribution in [0.2, 0.25) is 0 Å². The fourth-order valence-electron chi connectivity index (χ4n) is 10.7. The summed E-state index contributed by atoms with van der Waals surface area (Å²) in [6.45, 7) is 4.62. The Morgan fingerprint density at radius 3 is 0.837 bits per heavy atom. The lowest BCUT2D eigenvalue weighted by atomic mass is 10.1. The first-order valence-corrected chi connectivity index (χ1v) is 43.8. The molecule has 3 N–H and O–H groups in total. The molecule has 0 aromatic heterocycles. The van der Waals surface area contributed by atoms with Crippen LogP contribution in [0.4, 0.5) is 0 Å². The van der Waals surface area contributed by atoms with E-state index in [0.717, 1.165) is 212 Å². The van der Waals surface area contributed by atoms with Crippen molar-refractivity contribution in [1.82, 2.24) is 0 Å². The number of hydrogen-bond donors (Lipinski definition) is 3. The molecule has 0 aromatic rings. The average Bonchev–Trinajstić information content (AvgIpc) is 0.913. The average molecular weight is 1500 g/mol. The monoisotopic (exact) mass is 1500 g/mol. The second kappa shape index (κ2) is 76.6. The molecule has 0 aliphatic heterocycles. The molecule has 0 fully saturated rings. The van der Waals surface area contributed by atoms with Crippen LogP contribution in [-0.4, -0.2) is 96.7 Å². The van der Waals surface area contributed by atoms with Crippen LogP contribution in [-0.2, 0) is 65.4 Å². The Labute approximate surface area is 632 Å². The van der Waals surface area contributed by atoms with E-state index in [2.05, 4.69) is 149 Å². The topological polar surface area (TPSA) is 237 Å². The molecular weight excluding hydrogens is 1350 g/mol. The Bertz CT molecular complexity index is 2440. The maximum absolute atomic E-state index is 13.1. The maximum atomic E-state index is 13.1. The van der Waals surface area contributed by atoms with E-state index in [1.54, 1.807) is 0 Å². The predicted octanol–water partition coefficient (Wildman–Crippen LogP) is 23.9. The molecule has 0 aliphatic carbocycles. The van der Waals surface area contributed by atoms with Gasteiger partial charge in [-0.05, 0) is 154 Å². The number of aliphatic hydroxyl groups is 1. The highest BCUT2D eigenvalue weighted by molar-refractivity contribution is 7.47. The summed E-state index contributed by atoms with van der Waals surface area (Å²) >= 11 is 0. The van der Waals surface area contributed by atoms with Crippen molar-refractivity contribution in [3.05, 3.63) is 122 Å². The highest BCUT2D eigenvalue weighted by atomic mass is 31.2. The first-order valence-electron chi connectivity index (χ1n) is 40.8. The third kappa shape index (κ3) is 75.7. The van der Waals surface area contributed by atoms with Crippen molar-refractivity contribution in [2.75, 3.05) is 39.6 Å². The number of phosphoric acid groups is 2. The van der Waals surface area contributed by atoms with Gasteiger partial charge in [0, 0.05) is 25.7 Å². The number of rotatable bonds is 76. The quantitative estimate of drug-likeness (QED) is 0.0169. The second-order valence-corrected chi connectivity index (χ2v) is 29.9. The summed E-state index contributed by atoms with van der Waals surface area (Å²) in [7, 11) is -9.97. The van der Waals surface area contributed by atoms with Gasteiger partial charge in [0.25, 0.3) is 0 Å². The minimum Gasteiger partial charge on any atom is -0.462 e. The van der Waals surface area contributed by atoms with Crippen molar-refractivity contribution in [2.45, 2.75) is 354 Å². The Balaban J connectivity index is 5.35. The van der Waals surface area contributed by atoms with Gasteiger partial charge in [-0.1, -0.05) is 278 Å². The summed E-state index contributed by atoms with van der Waals surface area (Å²) in [6.07, 6.45) is 84.5. The molecule has 5 atom stereocenters. The zero-order valence-corrected chi connectivity index (χ0v) is 67.2. The highest BCUT2D eigenvalue weighted by Crippen LogP contribution is 2.45. The van der Waals surface area contributed by atoms with Gasteiger partial charge >= 0.3 is 39.5 Å². The number of carbonyl (C=O) groups excluding carboxylic acids is 4. The third-order valence-corrected chi connectivity index (χ3v) is 18.8. The largest absolute Gasteiger partial charge is 0.472 e. The van der Waals surface area contributed by atoms with Crippen molar-refractivity contribution in [2.24, 2.45) is 0 Å². The van der Waals surface area contributed by atoms with E-state index in [1.807, 2.05) is 0 Å². The lowest BCUT2D eigenvalue weighted by Crippen LogP contribution is -2.30. The third-order valence-electron chi connectivity index (χ3n) is 16.9. The Kier molecular flexibility index (Phi) is 73.3. The van der Waals surface area contributed by atoms with E-state index in [-0.39, 0.29) is 25.7 Å². The van der Waals surface area contributed by atoms with Crippen LogP contribution in [0.1, 0.15) is 336 Å². The van der Waals surface area contributed by atoms with Crippen LogP contribution in [0.3, 0.4) is 0 Å². The molecular formula is C85H146O17P2. The highest BCUT2D eigenvalue weighted by Gasteiger charge is 2.30.